The highest BCUT2D eigenvalue weighted by Gasteiger charge is 2.24. The van der Waals surface area contributed by atoms with Gasteiger partial charge >= 0.3 is 0 Å². The summed E-state index contributed by atoms with van der Waals surface area (Å²) < 4.78 is 18.0. The molecule has 2 heterocycles. The molecule has 0 atom stereocenters. The number of likely N-dealkylation sites (tertiary alicyclic amines) is 1. The monoisotopic (exact) mass is 364 g/mol. The molecule has 3 rings (SSSR count). The number of piperidine rings is 1. The molecule has 1 aliphatic heterocycles. The zero-order valence-electron chi connectivity index (χ0n) is 13.5. The Morgan fingerprint density at radius 2 is 2.04 bits per heavy atom. The Morgan fingerprint density at radius 3 is 2.68 bits per heavy atom. The van der Waals surface area contributed by atoms with E-state index >= 15 is 0 Å². The third kappa shape index (κ3) is 4.20. The summed E-state index contributed by atoms with van der Waals surface area (Å²) in [6, 6.07) is 5.36. The Kier molecular flexibility index (Phi) is 5.38. The van der Waals surface area contributed by atoms with Crippen molar-refractivity contribution >= 4 is 23.4 Å². The number of amides is 2. The van der Waals surface area contributed by atoms with Gasteiger partial charge in [-0.3, -0.25) is 9.59 Å². The van der Waals surface area contributed by atoms with Crippen LogP contribution < -0.4 is 5.32 Å². The minimum atomic E-state index is -0.476. The maximum atomic E-state index is 13.0. The summed E-state index contributed by atoms with van der Waals surface area (Å²) in [5.74, 6) is -0.538. The Bertz CT molecular complexity index is 756. The molecule has 0 bridgehead atoms. The van der Waals surface area contributed by atoms with Crippen molar-refractivity contribution in [2.75, 3.05) is 19.6 Å². The van der Waals surface area contributed by atoms with Crippen LogP contribution in [0, 0.1) is 11.7 Å². The molecule has 1 fully saturated rings. The maximum Gasteiger partial charge on any atom is 0.257 e. The van der Waals surface area contributed by atoms with Crippen molar-refractivity contribution in [3.8, 4) is 0 Å². The van der Waals surface area contributed by atoms with Crippen molar-refractivity contribution in [1.82, 2.24) is 10.2 Å². The summed E-state index contributed by atoms with van der Waals surface area (Å²) in [6.07, 6.45) is 4.54. The topological polar surface area (TPSA) is 62.6 Å². The Hall–Kier alpha value is -2.34. The number of carbonyl (C=O) groups excluding carboxylic acids is 2. The van der Waals surface area contributed by atoms with Crippen LogP contribution in [-0.2, 0) is 0 Å². The number of furan rings is 1. The Labute approximate surface area is 149 Å². The summed E-state index contributed by atoms with van der Waals surface area (Å²) >= 11 is 5.90. The average molecular weight is 365 g/mol. The zero-order chi connectivity index (χ0) is 17.8. The van der Waals surface area contributed by atoms with Crippen LogP contribution in [0.3, 0.4) is 0 Å². The number of hydrogen-bond donors (Lipinski definition) is 1. The number of benzene rings is 1. The molecule has 0 saturated carbocycles. The van der Waals surface area contributed by atoms with Crippen molar-refractivity contribution in [1.29, 1.82) is 0 Å². The van der Waals surface area contributed by atoms with Crippen LogP contribution in [0.5, 0.6) is 0 Å². The first kappa shape index (κ1) is 17.5. The van der Waals surface area contributed by atoms with Crippen LogP contribution in [0.25, 0.3) is 0 Å². The van der Waals surface area contributed by atoms with E-state index in [0.717, 1.165) is 18.9 Å². The van der Waals surface area contributed by atoms with Gasteiger partial charge in [-0.15, -0.1) is 0 Å². The molecule has 25 heavy (non-hydrogen) atoms. The van der Waals surface area contributed by atoms with Gasteiger partial charge in [0.2, 0.25) is 0 Å². The lowest BCUT2D eigenvalue weighted by Gasteiger charge is -2.31. The van der Waals surface area contributed by atoms with Gasteiger partial charge in [0.1, 0.15) is 12.1 Å². The standard InChI is InChI=1S/C18H18ClFN2O3/c19-16-9-14(20)1-2-15(16)17(23)21-10-12-3-6-22(7-4-12)18(24)13-5-8-25-11-13/h1-2,5,8-9,11-12H,3-4,6-7,10H2,(H,21,23). The first-order valence-corrected chi connectivity index (χ1v) is 8.47. The van der Waals surface area contributed by atoms with Crippen LogP contribution >= 0.6 is 11.6 Å². The summed E-state index contributed by atoms with van der Waals surface area (Å²) in [5, 5.41) is 2.93. The Morgan fingerprint density at radius 1 is 1.28 bits per heavy atom. The first-order valence-electron chi connectivity index (χ1n) is 8.09. The summed E-state index contributed by atoms with van der Waals surface area (Å²) in [6.45, 7) is 1.78. The van der Waals surface area contributed by atoms with Gasteiger partial charge in [0.05, 0.1) is 22.4 Å². The zero-order valence-corrected chi connectivity index (χ0v) is 14.3. The molecule has 7 heteroatoms. The Balaban J connectivity index is 1.48. The number of hydrogen-bond acceptors (Lipinski definition) is 3. The number of halogens is 2. The molecule has 1 N–H and O–H groups in total. The lowest BCUT2D eigenvalue weighted by molar-refractivity contribution is 0.0683. The van der Waals surface area contributed by atoms with Crippen LogP contribution in [0.4, 0.5) is 4.39 Å². The van der Waals surface area contributed by atoms with Crippen LogP contribution in [0.15, 0.2) is 41.2 Å². The van der Waals surface area contributed by atoms with E-state index in [9.17, 15) is 14.0 Å². The fraction of sp³-hybridized carbons (Fsp3) is 0.333. The smallest absolute Gasteiger partial charge is 0.257 e. The molecule has 132 valence electrons. The van der Waals surface area contributed by atoms with E-state index in [1.807, 2.05) is 0 Å². The molecular formula is C18H18ClFN2O3. The average Bonchev–Trinajstić information content (AvgIpc) is 3.14. The van der Waals surface area contributed by atoms with Gasteiger partial charge < -0.3 is 14.6 Å². The van der Waals surface area contributed by atoms with Gasteiger partial charge in [0.15, 0.2) is 0 Å². The van der Waals surface area contributed by atoms with E-state index in [0.29, 0.717) is 25.2 Å². The summed E-state index contributed by atoms with van der Waals surface area (Å²) in [5.41, 5.74) is 0.813. The van der Waals surface area contributed by atoms with Crippen molar-refractivity contribution in [2.24, 2.45) is 5.92 Å². The van der Waals surface area contributed by atoms with Gasteiger partial charge in [0, 0.05) is 19.6 Å². The van der Waals surface area contributed by atoms with E-state index in [2.05, 4.69) is 5.32 Å². The highest BCUT2D eigenvalue weighted by atomic mass is 35.5. The highest BCUT2D eigenvalue weighted by molar-refractivity contribution is 6.33. The largest absolute Gasteiger partial charge is 0.472 e. The van der Waals surface area contributed by atoms with E-state index in [1.54, 1.807) is 11.0 Å². The summed E-state index contributed by atoms with van der Waals surface area (Å²) in [4.78, 5) is 26.2. The molecular weight excluding hydrogens is 347 g/mol. The van der Waals surface area contributed by atoms with E-state index in [4.69, 9.17) is 16.0 Å². The second-order valence-corrected chi connectivity index (χ2v) is 6.49. The molecule has 2 amide bonds. The SMILES string of the molecule is O=C(NCC1CCN(C(=O)c2ccoc2)CC1)c1ccc(F)cc1Cl. The fourth-order valence-corrected chi connectivity index (χ4v) is 3.17. The summed E-state index contributed by atoms with van der Waals surface area (Å²) in [7, 11) is 0. The lowest BCUT2D eigenvalue weighted by atomic mass is 9.96. The molecule has 1 aromatic carbocycles. The quantitative estimate of drug-likeness (QED) is 0.904. The van der Waals surface area contributed by atoms with Crippen LogP contribution in [-0.4, -0.2) is 36.3 Å². The molecule has 1 saturated heterocycles. The molecule has 0 unspecified atom stereocenters. The third-order valence-corrected chi connectivity index (χ3v) is 4.71. The molecule has 0 spiro atoms. The molecule has 2 aromatic rings. The van der Waals surface area contributed by atoms with Gasteiger partial charge in [0.25, 0.3) is 11.8 Å². The van der Waals surface area contributed by atoms with Gasteiger partial charge in [-0.25, -0.2) is 4.39 Å². The van der Waals surface area contributed by atoms with Crippen LogP contribution in [0.1, 0.15) is 33.6 Å². The molecule has 1 aliphatic rings. The minimum absolute atomic E-state index is 0.0330. The second-order valence-electron chi connectivity index (χ2n) is 6.08. The second kappa shape index (κ2) is 7.70. The normalized spacial score (nSPS) is 15.2. The minimum Gasteiger partial charge on any atom is -0.472 e. The molecule has 0 aliphatic carbocycles. The number of nitrogens with zero attached hydrogens (tertiary/aromatic N) is 1. The van der Waals surface area contributed by atoms with Crippen LogP contribution in [0.2, 0.25) is 5.02 Å². The first-order chi connectivity index (χ1) is 12.0. The van der Waals surface area contributed by atoms with Crippen molar-refractivity contribution < 1.29 is 18.4 Å². The highest BCUT2D eigenvalue weighted by Crippen LogP contribution is 2.20. The van der Waals surface area contributed by atoms with Crippen molar-refractivity contribution in [3.63, 3.8) is 0 Å². The van der Waals surface area contributed by atoms with Crippen molar-refractivity contribution in [3.05, 3.63) is 58.8 Å². The molecule has 0 radical (unpaired) electrons. The van der Waals surface area contributed by atoms with E-state index < -0.39 is 5.82 Å². The van der Waals surface area contributed by atoms with E-state index in [-0.39, 0.29) is 28.3 Å². The van der Waals surface area contributed by atoms with Crippen molar-refractivity contribution in [2.45, 2.75) is 12.8 Å². The number of carbonyl (C=O) groups is 2. The van der Waals surface area contributed by atoms with Gasteiger partial charge in [-0.05, 0) is 43.0 Å². The van der Waals surface area contributed by atoms with Gasteiger partial charge in [-0.1, -0.05) is 11.6 Å². The fourth-order valence-electron chi connectivity index (χ4n) is 2.91. The maximum absolute atomic E-state index is 13.0. The van der Waals surface area contributed by atoms with Gasteiger partial charge in [-0.2, -0.15) is 0 Å². The van der Waals surface area contributed by atoms with E-state index in [1.165, 1.54) is 24.7 Å². The number of rotatable bonds is 4. The molecule has 1 aromatic heterocycles. The predicted octanol–water partition coefficient (Wildman–Crippen LogP) is 3.35. The number of nitrogens with one attached hydrogen (secondary N) is 1. The lowest BCUT2D eigenvalue weighted by Crippen LogP contribution is -2.41. The predicted molar refractivity (Wildman–Crippen MR) is 91.1 cm³/mol. The third-order valence-electron chi connectivity index (χ3n) is 4.40. The molecule has 5 nitrogen and oxygen atoms in total.